The van der Waals surface area contributed by atoms with Gasteiger partial charge in [0, 0.05) is 13.2 Å². The molecule has 1 saturated carbocycles. The fourth-order valence-electron chi connectivity index (χ4n) is 3.04. The number of aromatic nitrogens is 2. The lowest BCUT2D eigenvalue weighted by molar-refractivity contribution is 0.129. The molecule has 0 aliphatic heterocycles. The first-order chi connectivity index (χ1) is 8.74. The second-order valence-electron chi connectivity index (χ2n) is 5.81. The third-order valence-electron chi connectivity index (χ3n) is 4.10. The van der Waals surface area contributed by atoms with E-state index in [2.05, 4.69) is 5.10 Å². The van der Waals surface area contributed by atoms with E-state index >= 15 is 0 Å². The Morgan fingerprint density at radius 1 is 1.33 bits per heavy atom. The highest BCUT2D eigenvalue weighted by Gasteiger charge is 2.16. The average molecular weight is 250 g/mol. The topological polar surface area (TPSA) is 38.0 Å². The smallest absolute Gasteiger partial charge is 0.0546 e. The zero-order valence-corrected chi connectivity index (χ0v) is 11.5. The van der Waals surface area contributed by atoms with E-state index in [1.165, 1.54) is 44.1 Å². The molecular formula is C15H26N2O. The second kappa shape index (κ2) is 6.93. The molecule has 18 heavy (non-hydrogen) atoms. The number of aliphatic hydroxyl groups is 1. The first-order valence-electron chi connectivity index (χ1n) is 7.39. The molecule has 1 aliphatic carbocycles. The van der Waals surface area contributed by atoms with Crippen molar-refractivity contribution in [1.82, 2.24) is 9.78 Å². The number of nitrogens with zero attached hydrogens (tertiary/aromatic N) is 2. The van der Waals surface area contributed by atoms with Crippen molar-refractivity contribution >= 4 is 0 Å². The van der Waals surface area contributed by atoms with Crippen molar-refractivity contribution in [3.05, 3.63) is 18.0 Å². The van der Waals surface area contributed by atoms with E-state index in [0.717, 1.165) is 25.2 Å². The van der Waals surface area contributed by atoms with Gasteiger partial charge in [0.2, 0.25) is 0 Å². The summed E-state index contributed by atoms with van der Waals surface area (Å²) in [5.74, 6) is 0.761. The number of aryl methyl sites for hydroxylation is 2. The van der Waals surface area contributed by atoms with Gasteiger partial charge in [-0.2, -0.15) is 5.10 Å². The molecule has 3 nitrogen and oxygen atoms in total. The Morgan fingerprint density at radius 2 is 2.06 bits per heavy atom. The predicted molar refractivity (Wildman–Crippen MR) is 73.3 cm³/mol. The second-order valence-corrected chi connectivity index (χ2v) is 5.81. The fourth-order valence-corrected chi connectivity index (χ4v) is 3.04. The Hall–Kier alpha value is -0.830. The Labute approximate surface area is 110 Å². The minimum absolute atomic E-state index is 0.131. The maximum absolute atomic E-state index is 10.1. The van der Waals surface area contributed by atoms with Crippen molar-refractivity contribution in [1.29, 1.82) is 0 Å². The molecule has 0 aromatic carbocycles. The lowest BCUT2D eigenvalue weighted by atomic mass is 9.92. The Kier molecular flexibility index (Phi) is 5.24. The van der Waals surface area contributed by atoms with Crippen LogP contribution in [0.25, 0.3) is 0 Å². The molecule has 0 radical (unpaired) electrons. The summed E-state index contributed by atoms with van der Waals surface area (Å²) in [6.45, 7) is 0. The largest absolute Gasteiger partial charge is 0.393 e. The van der Waals surface area contributed by atoms with Gasteiger partial charge in [0.15, 0.2) is 0 Å². The maximum Gasteiger partial charge on any atom is 0.0546 e. The van der Waals surface area contributed by atoms with Gasteiger partial charge in [-0.1, -0.05) is 38.5 Å². The van der Waals surface area contributed by atoms with Gasteiger partial charge in [0.05, 0.1) is 12.3 Å². The number of hydrogen-bond acceptors (Lipinski definition) is 2. The zero-order valence-electron chi connectivity index (χ0n) is 11.5. The van der Waals surface area contributed by atoms with Gasteiger partial charge in [-0.05, 0) is 30.7 Å². The molecule has 0 bridgehead atoms. The van der Waals surface area contributed by atoms with Crippen LogP contribution in [-0.2, 0) is 13.5 Å². The molecule has 0 spiro atoms. The number of rotatable bonds is 5. The van der Waals surface area contributed by atoms with Gasteiger partial charge >= 0.3 is 0 Å². The van der Waals surface area contributed by atoms with Crippen molar-refractivity contribution in [2.75, 3.05) is 0 Å². The molecule has 3 heteroatoms. The first kappa shape index (κ1) is 13.6. The SMILES string of the molecule is Cn1cc(CCC(O)CC2CCCCCC2)cn1. The summed E-state index contributed by atoms with van der Waals surface area (Å²) in [5, 5.41) is 14.3. The van der Waals surface area contributed by atoms with Gasteiger partial charge in [-0.15, -0.1) is 0 Å². The third kappa shape index (κ3) is 4.45. The molecule has 1 aromatic rings. The van der Waals surface area contributed by atoms with E-state index < -0.39 is 0 Å². The van der Waals surface area contributed by atoms with Crippen molar-refractivity contribution < 1.29 is 5.11 Å². The molecule has 2 rings (SSSR count). The quantitative estimate of drug-likeness (QED) is 0.816. The van der Waals surface area contributed by atoms with Crippen LogP contribution in [0.3, 0.4) is 0 Å². The standard InChI is InChI=1S/C15H26N2O/c1-17-12-14(11-16-17)8-9-15(18)10-13-6-4-2-3-5-7-13/h11-13,15,18H,2-10H2,1H3. The molecule has 1 aromatic heterocycles. The van der Waals surface area contributed by atoms with E-state index in [0.29, 0.717) is 0 Å². The Morgan fingerprint density at radius 3 is 2.67 bits per heavy atom. The summed E-state index contributed by atoms with van der Waals surface area (Å²) in [7, 11) is 1.94. The van der Waals surface area contributed by atoms with Gasteiger partial charge < -0.3 is 5.11 Å². The van der Waals surface area contributed by atoms with Crippen LogP contribution in [-0.4, -0.2) is 21.0 Å². The summed E-state index contributed by atoms with van der Waals surface area (Å²) in [5.41, 5.74) is 1.23. The minimum Gasteiger partial charge on any atom is -0.393 e. The lowest BCUT2D eigenvalue weighted by Gasteiger charge is -2.18. The molecule has 1 atom stereocenters. The highest BCUT2D eigenvalue weighted by Crippen LogP contribution is 2.27. The molecule has 0 amide bonds. The highest BCUT2D eigenvalue weighted by atomic mass is 16.3. The number of hydrogen-bond donors (Lipinski definition) is 1. The minimum atomic E-state index is -0.131. The van der Waals surface area contributed by atoms with E-state index in [1.807, 2.05) is 24.1 Å². The molecule has 0 saturated heterocycles. The van der Waals surface area contributed by atoms with Crippen LogP contribution in [0.2, 0.25) is 0 Å². The lowest BCUT2D eigenvalue weighted by Crippen LogP contribution is -2.14. The number of aliphatic hydroxyl groups excluding tert-OH is 1. The van der Waals surface area contributed by atoms with Gasteiger partial charge in [-0.3, -0.25) is 4.68 Å². The molecule has 1 aliphatic rings. The van der Waals surface area contributed by atoms with Crippen molar-refractivity contribution in [2.45, 2.75) is 63.9 Å². The summed E-state index contributed by atoms with van der Waals surface area (Å²) in [4.78, 5) is 0. The van der Waals surface area contributed by atoms with Crippen LogP contribution in [0.15, 0.2) is 12.4 Å². The van der Waals surface area contributed by atoms with Crippen LogP contribution >= 0.6 is 0 Å². The highest BCUT2D eigenvalue weighted by molar-refractivity contribution is 5.03. The van der Waals surface area contributed by atoms with Gasteiger partial charge in [-0.25, -0.2) is 0 Å². The van der Waals surface area contributed by atoms with Crippen molar-refractivity contribution in [3.63, 3.8) is 0 Å². The average Bonchev–Trinajstić information content (AvgIpc) is 2.60. The molecule has 102 valence electrons. The van der Waals surface area contributed by atoms with E-state index in [1.54, 1.807) is 0 Å². The molecule has 1 fully saturated rings. The van der Waals surface area contributed by atoms with E-state index in [9.17, 15) is 5.11 Å². The van der Waals surface area contributed by atoms with Crippen molar-refractivity contribution in [2.24, 2.45) is 13.0 Å². The predicted octanol–water partition coefficient (Wildman–Crippen LogP) is 3.07. The fraction of sp³-hybridized carbons (Fsp3) is 0.800. The van der Waals surface area contributed by atoms with Crippen LogP contribution in [0, 0.1) is 5.92 Å². The summed E-state index contributed by atoms with van der Waals surface area (Å²) < 4.78 is 1.83. The Bertz CT molecular complexity index is 340. The van der Waals surface area contributed by atoms with Crippen LogP contribution in [0.5, 0.6) is 0 Å². The normalized spacial score (nSPS) is 19.7. The van der Waals surface area contributed by atoms with E-state index in [-0.39, 0.29) is 6.10 Å². The van der Waals surface area contributed by atoms with Crippen LogP contribution in [0.4, 0.5) is 0 Å². The zero-order chi connectivity index (χ0) is 12.8. The van der Waals surface area contributed by atoms with Gasteiger partial charge in [0.1, 0.15) is 0 Å². The summed E-state index contributed by atoms with van der Waals surface area (Å²) >= 11 is 0. The molecule has 1 unspecified atom stereocenters. The summed E-state index contributed by atoms with van der Waals surface area (Å²) in [6, 6.07) is 0. The van der Waals surface area contributed by atoms with E-state index in [4.69, 9.17) is 0 Å². The van der Waals surface area contributed by atoms with Crippen molar-refractivity contribution in [3.8, 4) is 0 Å². The van der Waals surface area contributed by atoms with Crippen LogP contribution < -0.4 is 0 Å². The Balaban J connectivity index is 1.69. The maximum atomic E-state index is 10.1. The molecular weight excluding hydrogens is 224 g/mol. The monoisotopic (exact) mass is 250 g/mol. The molecule has 1 N–H and O–H groups in total. The third-order valence-corrected chi connectivity index (χ3v) is 4.10. The van der Waals surface area contributed by atoms with Gasteiger partial charge in [0.25, 0.3) is 0 Å². The molecule has 1 heterocycles. The summed E-state index contributed by atoms with van der Waals surface area (Å²) in [6.07, 6.45) is 14.8. The van der Waals surface area contributed by atoms with Crippen LogP contribution in [0.1, 0.15) is 56.9 Å². The first-order valence-corrected chi connectivity index (χ1v) is 7.39.